The Hall–Kier alpha value is -3.78. The second-order valence-corrected chi connectivity index (χ2v) is 9.29. The van der Waals surface area contributed by atoms with Gasteiger partial charge < -0.3 is 10.3 Å². The van der Waals surface area contributed by atoms with Crippen LogP contribution in [0.3, 0.4) is 0 Å². The predicted octanol–water partition coefficient (Wildman–Crippen LogP) is 5.04. The number of aromatic nitrogens is 7. The van der Waals surface area contributed by atoms with Gasteiger partial charge in [-0.25, -0.2) is 24.6 Å². The summed E-state index contributed by atoms with van der Waals surface area (Å²) < 4.78 is 4.03. The number of hydrogen-bond donors (Lipinski definition) is 1. The minimum Gasteiger partial charge on any atom is -0.368 e. The number of rotatable bonds is 3. The van der Waals surface area contributed by atoms with Crippen LogP contribution >= 0.6 is 11.6 Å². The predicted molar refractivity (Wildman–Crippen MR) is 130 cm³/mol. The van der Waals surface area contributed by atoms with Crippen molar-refractivity contribution in [2.45, 2.75) is 33.2 Å². The van der Waals surface area contributed by atoms with Crippen molar-refractivity contribution in [3.8, 4) is 28.2 Å². The van der Waals surface area contributed by atoms with Crippen LogP contribution in [0.5, 0.6) is 0 Å². The van der Waals surface area contributed by atoms with Gasteiger partial charge in [0.1, 0.15) is 18.0 Å². The highest BCUT2D eigenvalue weighted by molar-refractivity contribution is 6.31. The molecule has 0 radical (unpaired) electrons. The number of halogens is 1. The lowest BCUT2D eigenvalue weighted by molar-refractivity contribution is 0.413. The minimum absolute atomic E-state index is 0.243. The van der Waals surface area contributed by atoms with Crippen molar-refractivity contribution in [3.05, 3.63) is 66.0 Å². The minimum atomic E-state index is -0.243. The Kier molecular flexibility index (Phi) is 4.90. The van der Waals surface area contributed by atoms with E-state index in [4.69, 9.17) is 22.3 Å². The Balaban J connectivity index is 1.78. The number of benzene rings is 2. The lowest BCUT2D eigenvalue weighted by Gasteiger charge is -2.25. The van der Waals surface area contributed by atoms with Crippen molar-refractivity contribution >= 4 is 28.6 Å². The molecule has 2 N–H and O–H groups in total. The van der Waals surface area contributed by atoms with Crippen LogP contribution in [0, 0.1) is 6.92 Å². The van der Waals surface area contributed by atoms with Crippen LogP contribution in [0.15, 0.2) is 55.1 Å². The highest BCUT2D eigenvalue weighted by atomic mass is 35.5. The molecule has 0 aliphatic carbocycles. The van der Waals surface area contributed by atoms with E-state index in [2.05, 4.69) is 51.5 Å². The number of anilines is 1. The maximum absolute atomic E-state index is 6.44. The zero-order valence-corrected chi connectivity index (χ0v) is 19.5. The van der Waals surface area contributed by atoms with E-state index >= 15 is 0 Å². The molecule has 3 aromatic heterocycles. The summed E-state index contributed by atoms with van der Waals surface area (Å²) in [5.74, 6) is 1.83. The van der Waals surface area contributed by atoms with Gasteiger partial charge in [-0.05, 0) is 63.6 Å². The van der Waals surface area contributed by atoms with Crippen LogP contribution in [-0.4, -0.2) is 34.3 Å². The Bertz CT molecular complexity index is 1480. The van der Waals surface area contributed by atoms with Gasteiger partial charge in [-0.15, -0.1) is 0 Å². The molecule has 0 amide bonds. The number of fused-ring (bicyclic) bond motifs is 1. The number of nitrogens with two attached hydrogens (primary N) is 1. The van der Waals surface area contributed by atoms with Gasteiger partial charge in [-0.2, -0.15) is 5.10 Å². The molecule has 2 aromatic carbocycles. The summed E-state index contributed by atoms with van der Waals surface area (Å²) in [6, 6.07) is 11.9. The Morgan fingerprint density at radius 2 is 1.70 bits per heavy atom. The van der Waals surface area contributed by atoms with Crippen LogP contribution in [0.4, 0.5) is 5.95 Å². The first-order valence-electron chi connectivity index (χ1n) is 10.5. The summed E-state index contributed by atoms with van der Waals surface area (Å²) in [6.45, 7) is 8.39. The SMILES string of the molecule is Cc1ncnn1-c1ccc(Cl)cc1-c1nc2cc(-c3cnc(N)nc3)ccc2n1C(C)(C)C. The van der Waals surface area contributed by atoms with Crippen molar-refractivity contribution in [1.29, 1.82) is 0 Å². The van der Waals surface area contributed by atoms with Crippen molar-refractivity contribution in [1.82, 2.24) is 34.3 Å². The molecule has 0 saturated carbocycles. The summed E-state index contributed by atoms with van der Waals surface area (Å²) in [5, 5.41) is 5.03. The first-order chi connectivity index (χ1) is 15.7. The summed E-state index contributed by atoms with van der Waals surface area (Å²) in [5.41, 5.74) is 10.9. The van der Waals surface area contributed by atoms with E-state index in [-0.39, 0.29) is 11.5 Å². The molecule has 0 fully saturated rings. The zero-order valence-electron chi connectivity index (χ0n) is 18.8. The first kappa shape index (κ1) is 21.1. The van der Waals surface area contributed by atoms with E-state index < -0.39 is 0 Å². The highest BCUT2D eigenvalue weighted by Gasteiger charge is 2.25. The average molecular weight is 459 g/mol. The number of nitrogen functional groups attached to an aromatic ring is 1. The van der Waals surface area contributed by atoms with Crippen molar-refractivity contribution in [3.63, 3.8) is 0 Å². The first-order valence-corrected chi connectivity index (χ1v) is 10.9. The van der Waals surface area contributed by atoms with Crippen LogP contribution < -0.4 is 5.73 Å². The Morgan fingerprint density at radius 1 is 0.939 bits per heavy atom. The molecule has 3 heterocycles. The quantitative estimate of drug-likeness (QED) is 0.406. The van der Waals surface area contributed by atoms with Crippen LogP contribution in [0.25, 0.3) is 39.2 Å². The standard InChI is InChI=1S/C24H23ClN8/c1-14-29-13-30-33(14)20-8-6-17(25)10-18(20)22-31-19-9-15(16-11-27-23(26)28-12-16)5-7-21(19)32(22)24(2,3)4/h5-13H,1-4H3,(H2,26,27,28). The van der Waals surface area contributed by atoms with E-state index in [0.29, 0.717) is 5.02 Å². The largest absolute Gasteiger partial charge is 0.368 e. The second kappa shape index (κ2) is 7.67. The maximum atomic E-state index is 6.44. The molecular formula is C24H23ClN8. The number of nitrogens with zero attached hydrogens (tertiary/aromatic N) is 7. The molecule has 0 bridgehead atoms. The lowest BCUT2D eigenvalue weighted by Crippen LogP contribution is -2.23. The van der Waals surface area contributed by atoms with Crippen LogP contribution in [0.1, 0.15) is 26.6 Å². The van der Waals surface area contributed by atoms with Gasteiger partial charge in [0.15, 0.2) is 0 Å². The molecule has 0 aliphatic heterocycles. The van der Waals surface area contributed by atoms with Gasteiger partial charge in [0.25, 0.3) is 0 Å². The molecule has 5 rings (SSSR count). The van der Waals surface area contributed by atoms with Crippen LogP contribution in [0.2, 0.25) is 5.02 Å². The fraction of sp³-hybridized carbons (Fsp3) is 0.208. The van der Waals surface area contributed by atoms with Gasteiger partial charge in [-0.1, -0.05) is 17.7 Å². The van der Waals surface area contributed by atoms with Gasteiger partial charge >= 0.3 is 0 Å². The third-order valence-electron chi connectivity index (χ3n) is 5.48. The van der Waals surface area contributed by atoms with E-state index in [1.165, 1.54) is 0 Å². The van der Waals surface area contributed by atoms with Crippen molar-refractivity contribution in [2.75, 3.05) is 5.73 Å². The fourth-order valence-corrected chi connectivity index (χ4v) is 4.19. The molecule has 0 saturated heterocycles. The van der Waals surface area contributed by atoms with Gasteiger partial charge in [0, 0.05) is 34.1 Å². The second-order valence-electron chi connectivity index (χ2n) is 8.86. The molecular weight excluding hydrogens is 436 g/mol. The molecule has 9 heteroatoms. The summed E-state index contributed by atoms with van der Waals surface area (Å²) in [7, 11) is 0. The van der Waals surface area contributed by atoms with Gasteiger partial charge in [0.2, 0.25) is 5.95 Å². The average Bonchev–Trinajstić information content (AvgIpc) is 3.37. The summed E-state index contributed by atoms with van der Waals surface area (Å²) in [6.07, 6.45) is 4.98. The molecule has 0 spiro atoms. The number of aryl methyl sites for hydroxylation is 1. The Labute approximate surface area is 196 Å². The van der Waals surface area contributed by atoms with Crippen molar-refractivity contribution < 1.29 is 0 Å². The van der Waals surface area contributed by atoms with E-state index in [1.54, 1.807) is 23.4 Å². The molecule has 0 atom stereocenters. The maximum Gasteiger partial charge on any atom is 0.219 e. The molecule has 8 nitrogen and oxygen atoms in total. The van der Waals surface area contributed by atoms with E-state index in [9.17, 15) is 0 Å². The fourth-order valence-electron chi connectivity index (χ4n) is 4.01. The third-order valence-corrected chi connectivity index (χ3v) is 5.71. The summed E-state index contributed by atoms with van der Waals surface area (Å²) >= 11 is 6.44. The molecule has 0 aliphatic rings. The van der Waals surface area contributed by atoms with Gasteiger partial charge in [-0.3, -0.25) is 0 Å². The number of hydrogen-bond acceptors (Lipinski definition) is 6. The normalized spacial score (nSPS) is 11.9. The number of imidazole rings is 1. The lowest BCUT2D eigenvalue weighted by atomic mass is 10.0. The van der Waals surface area contributed by atoms with E-state index in [1.807, 2.05) is 37.3 Å². The summed E-state index contributed by atoms with van der Waals surface area (Å²) in [4.78, 5) is 17.6. The van der Waals surface area contributed by atoms with Crippen LogP contribution in [-0.2, 0) is 5.54 Å². The highest BCUT2D eigenvalue weighted by Crippen LogP contribution is 2.36. The topological polar surface area (TPSA) is 100 Å². The zero-order chi connectivity index (χ0) is 23.3. The molecule has 5 aromatic rings. The third kappa shape index (κ3) is 3.72. The molecule has 33 heavy (non-hydrogen) atoms. The smallest absolute Gasteiger partial charge is 0.219 e. The van der Waals surface area contributed by atoms with Crippen molar-refractivity contribution in [2.24, 2.45) is 0 Å². The molecule has 0 unspecified atom stereocenters. The molecule has 166 valence electrons. The monoisotopic (exact) mass is 458 g/mol. The van der Waals surface area contributed by atoms with E-state index in [0.717, 1.165) is 45.1 Å². The van der Waals surface area contributed by atoms with Gasteiger partial charge in [0.05, 0.1) is 16.7 Å². The Morgan fingerprint density at radius 3 is 2.36 bits per heavy atom.